The summed E-state index contributed by atoms with van der Waals surface area (Å²) in [7, 11) is 4.93. The molecule has 0 bridgehead atoms. The molecular formula is C12H19INO3+. The minimum Gasteiger partial charge on any atom is -0.495 e. The van der Waals surface area contributed by atoms with Gasteiger partial charge in [0.15, 0.2) is 11.5 Å². The monoisotopic (exact) mass is 352 g/mol. The van der Waals surface area contributed by atoms with Crippen LogP contribution in [0.2, 0.25) is 0 Å². The van der Waals surface area contributed by atoms with Gasteiger partial charge in [0.25, 0.3) is 0 Å². The third kappa shape index (κ3) is 3.16. The highest BCUT2D eigenvalue weighted by Crippen LogP contribution is 2.40. The molecule has 0 spiro atoms. The highest BCUT2D eigenvalue weighted by molar-refractivity contribution is 14.1. The zero-order chi connectivity index (χ0) is 13.0. The molecule has 0 aliphatic carbocycles. The number of ether oxygens (including phenoxy) is 3. The SMILES string of the molecule is COc1cc(OC)c(OC)c(CC(C)[NH3+])c1I. The normalized spacial score (nSPS) is 12.1. The molecule has 1 unspecified atom stereocenters. The molecule has 0 saturated heterocycles. The molecule has 1 rings (SSSR count). The van der Waals surface area contributed by atoms with Crippen LogP contribution >= 0.6 is 22.6 Å². The predicted molar refractivity (Wildman–Crippen MR) is 74.9 cm³/mol. The Hall–Kier alpha value is -0.690. The van der Waals surface area contributed by atoms with Crippen LogP contribution in [0.25, 0.3) is 0 Å². The van der Waals surface area contributed by atoms with Crippen molar-refractivity contribution in [1.29, 1.82) is 0 Å². The lowest BCUT2D eigenvalue weighted by molar-refractivity contribution is -0.413. The molecule has 1 aromatic rings. The Morgan fingerprint density at radius 1 is 1.18 bits per heavy atom. The molecule has 0 amide bonds. The van der Waals surface area contributed by atoms with Crippen LogP contribution in [0.4, 0.5) is 0 Å². The van der Waals surface area contributed by atoms with Gasteiger partial charge in [-0.2, -0.15) is 0 Å². The number of rotatable bonds is 5. The number of quaternary nitrogens is 1. The van der Waals surface area contributed by atoms with Crippen molar-refractivity contribution in [3.05, 3.63) is 15.2 Å². The molecule has 0 aromatic heterocycles. The van der Waals surface area contributed by atoms with E-state index in [1.165, 1.54) is 0 Å². The largest absolute Gasteiger partial charge is 0.495 e. The average Bonchev–Trinajstić information content (AvgIpc) is 2.30. The fourth-order valence-electron chi connectivity index (χ4n) is 1.70. The fourth-order valence-corrected chi connectivity index (χ4v) is 2.54. The molecule has 0 fully saturated rings. The summed E-state index contributed by atoms with van der Waals surface area (Å²) >= 11 is 2.27. The standard InChI is InChI=1S/C12H18INO3/c1-7(14)5-8-11(13)9(15-2)6-10(16-3)12(8)17-4/h6-7H,5,14H2,1-4H3/p+1. The summed E-state index contributed by atoms with van der Waals surface area (Å²) in [5, 5.41) is 0. The molecule has 0 aliphatic rings. The summed E-state index contributed by atoms with van der Waals surface area (Å²) < 4.78 is 17.2. The van der Waals surface area contributed by atoms with Gasteiger partial charge in [-0.25, -0.2) is 0 Å². The summed E-state index contributed by atoms with van der Waals surface area (Å²) in [6.45, 7) is 2.07. The first-order valence-electron chi connectivity index (χ1n) is 5.35. The van der Waals surface area contributed by atoms with E-state index in [2.05, 4.69) is 35.2 Å². The second kappa shape index (κ2) is 6.30. The number of benzene rings is 1. The Morgan fingerprint density at radius 2 is 1.76 bits per heavy atom. The Bertz CT molecular complexity index is 394. The van der Waals surface area contributed by atoms with E-state index in [0.717, 1.165) is 27.1 Å². The van der Waals surface area contributed by atoms with Gasteiger partial charge in [0, 0.05) is 18.1 Å². The molecule has 0 radical (unpaired) electrons. The average molecular weight is 352 g/mol. The topological polar surface area (TPSA) is 55.3 Å². The van der Waals surface area contributed by atoms with Crippen LogP contribution in [-0.2, 0) is 6.42 Å². The van der Waals surface area contributed by atoms with Crippen molar-refractivity contribution in [1.82, 2.24) is 0 Å². The van der Waals surface area contributed by atoms with E-state index in [1.54, 1.807) is 21.3 Å². The van der Waals surface area contributed by atoms with Crippen molar-refractivity contribution < 1.29 is 19.9 Å². The van der Waals surface area contributed by atoms with Gasteiger partial charge in [-0.1, -0.05) is 0 Å². The summed E-state index contributed by atoms with van der Waals surface area (Å²) in [5.41, 5.74) is 5.11. The molecule has 4 nitrogen and oxygen atoms in total. The van der Waals surface area contributed by atoms with E-state index in [-0.39, 0.29) is 0 Å². The minimum atomic E-state index is 0.300. The zero-order valence-corrected chi connectivity index (χ0v) is 12.8. The van der Waals surface area contributed by atoms with Gasteiger partial charge in [-0.15, -0.1) is 0 Å². The number of halogens is 1. The third-order valence-electron chi connectivity index (χ3n) is 2.44. The third-order valence-corrected chi connectivity index (χ3v) is 3.62. The van der Waals surface area contributed by atoms with Crippen molar-refractivity contribution in [3.63, 3.8) is 0 Å². The molecule has 0 aliphatic heterocycles. The van der Waals surface area contributed by atoms with Gasteiger partial charge in [0.1, 0.15) is 5.75 Å². The van der Waals surface area contributed by atoms with Crippen LogP contribution in [0.3, 0.4) is 0 Å². The van der Waals surface area contributed by atoms with Crippen molar-refractivity contribution in [2.75, 3.05) is 21.3 Å². The Kier molecular flexibility index (Phi) is 5.32. The van der Waals surface area contributed by atoms with Gasteiger partial charge in [-0.3, -0.25) is 0 Å². The summed E-state index contributed by atoms with van der Waals surface area (Å²) in [6.07, 6.45) is 0.828. The number of hydrogen-bond acceptors (Lipinski definition) is 3. The minimum absolute atomic E-state index is 0.300. The maximum atomic E-state index is 5.44. The molecule has 17 heavy (non-hydrogen) atoms. The first-order chi connectivity index (χ1) is 8.04. The fraction of sp³-hybridized carbons (Fsp3) is 0.500. The highest BCUT2D eigenvalue weighted by Gasteiger charge is 2.20. The molecule has 1 aromatic carbocycles. The first kappa shape index (κ1) is 14.4. The van der Waals surface area contributed by atoms with Crippen molar-refractivity contribution in [2.45, 2.75) is 19.4 Å². The Labute approximate surface area is 116 Å². The predicted octanol–water partition coefficient (Wildman–Crippen LogP) is 1.49. The summed E-state index contributed by atoms with van der Waals surface area (Å²) in [5.74, 6) is 2.27. The van der Waals surface area contributed by atoms with E-state index in [1.807, 2.05) is 6.07 Å². The van der Waals surface area contributed by atoms with Gasteiger partial charge >= 0.3 is 0 Å². The quantitative estimate of drug-likeness (QED) is 0.817. The smallest absolute Gasteiger partial charge is 0.165 e. The van der Waals surface area contributed by atoms with Gasteiger partial charge in [-0.05, 0) is 29.5 Å². The van der Waals surface area contributed by atoms with Crippen molar-refractivity contribution >= 4 is 22.6 Å². The van der Waals surface area contributed by atoms with Gasteiger partial charge in [0.2, 0.25) is 0 Å². The first-order valence-corrected chi connectivity index (χ1v) is 6.43. The lowest BCUT2D eigenvalue weighted by Gasteiger charge is -2.17. The second-order valence-electron chi connectivity index (χ2n) is 3.92. The van der Waals surface area contributed by atoms with Crippen molar-refractivity contribution in [3.8, 4) is 17.2 Å². The molecule has 96 valence electrons. The van der Waals surface area contributed by atoms with Crippen LogP contribution in [0.5, 0.6) is 17.2 Å². The van der Waals surface area contributed by atoms with E-state index in [0.29, 0.717) is 11.8 Å². The zero-order valence-electron chi connectivity index (χ0n) is 10.7. The van der Waals surface area contributed by atoms with Gasteiger partial charge in [0.05, 0.1) is 30.9 Å². The Morgan fingerprint density at radius 3 is 2.18 bits per heavy atom. The lowest BCUT2D eigenvalue weighted by Crippen LogP contribution is -2.60. The van der Waals surface area contributed by atoms with Crippen LogP contribution in [0.1, 0.15) is 12.5 Å². The molecule has 1 atom stereocenters. The number of methoxy groups -OCH3 is 3. The van der Waals surface area contributed by atoms with E-state index < -0.39 is 0 Å². The van der Waals surface area contributed by atoms with E-state index in [4.69, 9.17) is 14.2 Å². The highest BCUT2D eigenvalue weighted by atomic mass is 127. The molecular weight excluding hydrogens is 333 g/mol. The summed E-state index contributed by atoms with van der Waals surface area (Å²) in [6, 6.07) is 2.15. The van der Waals surface area contributed by atoms with Crippen LogP contribution in [-0.4, -0.2) is 27.4 Å². The van der Waals surface area contributed by atoms with E-state index >= 15 is 0 Å². The second-order valence-corrected chi connectivity index (χ2v) is 4.99. The lowest BCUT2D eigenvalue weighted by atomic mass is 10.1. The maximum Gasteiger partial charge on any atom is 0.165 e. The maximum absolute atomic E-state index is 5.44. The Balaban J connectivity index is 3.38. The molecule has 3 N–H and O–H groups in total. The molecule has 0 saturated carbocycles. The summed E-state index contributed by atoms with van der Waals surface area (Å²) in [4.78, 5) is 0. The van der Waals surface area contributed by atoms with E-state index in [9.17, 15) is 0 Å². The van der Waals surface area contributed by atoms with Crippen LogP contribution in [0, 0.1) is 3.57 Å². The van der Waals surface area contributed by atoms with Crippen LogP contribution in [0.15, 0.2) is 6.07 Å². The molecule has 5 heteroatoms. The van der Waals surface area contributed by atoms with Crippen molar-refractivity contribution in [2.24, 2.45) is 0 Å². The van der Waals surface area contributed by atoms with Crippen LogP contribution < -0.4 is 19.9 Å². The number of hydrogen-bond donors (Lipinski definition) is 1. The van der Waals surface area contributed by atoms with Gasteiger partial charge < -0.3 is 19.9 Å². The molecule has 0 heterocycles.